The van der Waals surface area contributed by atoms with Crippen LogP contribution in [0.15, 0.2) is 65.9 Å². The number of carboxylic acids is 1. The van der Waals surface area contributed by atoms with E-state index >= 15 is 0 Å². The molecule has 1 unspecified atom stereocenters. The van der Waals surface area contributed by atoms with Crippen LogP contribution in [0.3, 0.4) is 0 Å². The zero-order valence-corrected chi connectivity index (χ0v) is 25.4. The summed E-state index contributed by atoms with van der Waals surface area (Å²) in [5.74, 6) is -2.48. The van der Waals surface area contributed by atoms with E-state index in [0.717, 1.165) is 21.4 Å². The smallest absolute Gasteiger partial charge is 0.305 e. The van der Waals surface area contributed by atoms with Gasteiger partial charge in [0, 0.05) is 42.6 Å². The Labute approximate surface area is 252 Å². The molecule has 3 N–H and O–H groups in total. The standard InChI is InChI=1S/C31H35BrN4O6/c1-19(2)29(34-27(38)14-13-20-18-33-23-12-8-7-11-22(20)23)24-16-31(42-35-24,21-9-5-4-6-10-21)30(41)36(3)25(15-28(39)40)26(37)17-32/h4-12,18-19,25,29,33H,13-17H2,1-3H3,(H,34,38)(H,39,40)/t25-,29-,31?/m0/s1. The molecule has 0 saturated carbocycles. The lowest BCUT2D eigenvalue weighted by molar-refractivity contribution is -0.160. The number of aliphatic carboxylic acids is 1. The van der Waals surface area contributed by atoms with Gasteiger partial charge in [0.1, 0.15) is 6.04 Å². The second-order valence-corrected chi connectivity index (χ2v) is 11.4. The third kappa shape index (κ3) is 6.56. The Morgan fingerprint density at radius 1 is 1.12 bits per heavy atom. The van der Waals surface area contributed by atoms with E-state index in [1.807, 2.05) is 44.3 Å². The van der Waals surface area contributed by atoms with Crippen LogP contribution >= 0.6 is 15.9 Å². The molecule has 10 nitrogen and oxygen atoms in total. The number of aryl methyl sites for hydroxylation is 1. The summed E-state index contributed by atoms with van der Waals surface area (Å²) in [5.41, 5.74) is 1.43. The topological polar surface area (TPSA) is 141 Å². The Morgan fingerprint density at radius 3 is 2.48 bits per heavy atom. The molecule has 0 spiro atoms. The van der Waals surface area contributed by atoms with Crippen molar-refractivity contribution in [2.75, 3.05) is 12.4 Å². The van der Waals surface area contributed by atoms with Gasteiger partial charge < -0.3 is 25.1 Å². The number of fused-ring (bicyclic) bond motifs is 1. The number of hydrogen-bond donors (Lipinski definition) is 3. The summed E-state index contributed by atoms with van der Waals surface area (Å²) >= 11 is 3.09. The van der Waals surface area contributed by atoms with E-state index < -0.39 is 41.8 Å². The lowest BCUT2D eigenvalue weighted by Gasteiger charge is -2.34. The summed E-state index contributed by atoms with van der Waals surface area (Å²) in [6.45, 7) is 3.89. The van der Waals surface area contributed by atoms with Crippen LogP contribution in [0.4, 0.5) is 0 Å². The SMILES string of the molecule is CC(C)[C@H](NC(=O)CCc1c[nH]c2ccccc12)C1=NOC(C(=O)N(C)[C@@H](CC(=O)O)C(=O)CBr)(c2ccccc2)C1. The van der Waals surface area contributed by atoms with Gasteiger partial charge in [-0.25, -0.2) is 0 Å². The van der Waals surface area contributed by atoms with Crippen LogP contribution in [-0.2, 0) is 36.0 Å². The normalized spacial score (nSPS) is 17.8. The molecule has 0 radical (unpaired) electrons. The molecule has 3 atom stereocenters. The number of aromatic amines is 1. The van der Waals surface area contributed by atoms with Gasteiger partial charge >= 0.3 is 5.97 Å². The monoisotopic (exact) mass is 638 g/mol. The van der Waals surface area contributed by atoms with Crippen LogP contribution in [-0.4, -0.2) is 68.7 Å². The van der Waals surface area contributed by atoms with E-state index in [-0.39, 0.29) is 30.0 Å². The molecule has 0 bridgehead atoms. The van der Waals surface area contributed by atoms with Crippen LogP contribution in [0, 0.1) is 5.92 Å². The van der Waals surface area contributed by atoms with Gasteiger partial charge in [-0.2, -0.15) is 0 Å². The van der Waals surface area contributed by atoms with Crippen molar-refractivity contribution in [3.05, 3.63) is 71.9 Å². The number of likely N-dealkylation sites (N-methyl/N-ethyl adjacent to an activating group) is 1. The lowest BCUT2D eigenvalue weighted by Crippen LogP contribution is -2.53. The van der Waals surface area contributed by atoms with Gasteiger partial charge in [0.2, 0.25) is 11.5 Å². The van der Waals surface area contributed by atoms with Gasteiger partial charge in [0.25, 0.3) is 5.91 Å². The summed E-state index contributed by atoms with van der Waals surface area (Å²) in [7, 11) is 1.40. The first-order valence-electron chi connectivity index (χ1n) is 13.8. The summed E-state index contributed by atoms with van der Waals surface area (Å²) in [6.07, 6.45) is 2.20. The van der Waals surface area contributed by atoms with Crippen molar-refractivity contribution in [3.63, 3.8) is 0 Å². The van der Waals surface area contributed by atoms with Gasteiger partial charge in [0.05, 0.1) is 23.5 Å². The predicted molar refractivity (Wildman–Crippen MR) is 162 cm³/mol. The number of rotatable bonds is 13. The molecule has 2 amide bonds. The van der Waals surface area contributed by atoms with Crippen molar-refractivity contribution in [1.29, 1.82) is 0 Å². The number of H-pyrrole nitrogens is 1. The molecule has 3 aromatic rings. The highest BCUT2D eigenvalue weighted by Gasteiger charge is 2.52. The van der Waals surface area contributed by atoms with E-state index in [4.69, 9.17) is 4.84 Å². The minimum Gasteiger partial charge on any atom is -0.481 e. The maximum Gasteiger partial charge on any atom is 0.305 e. The van der Waals surface area contributed by atoms with E-state index in [1.165, 1.54) is 7.05 Å². The lowest BCUT2D eigenvalue weighted by atomic mass is 9.83. The van der Waals surface area contributed by atoms with Crippen molar-refractivity contribution in [2.45, 2.75) is 57.2 Å². The number of para-hydroxylation sites is 1. The van der Waals surface area contributed by atoms with Crippen molar-refractivity contribution >= 4 is 56.1 Å². The summed E-state index contributed by atoms with van der Waals surface area (Å²) in [4.78, 5) is 61.7. The zero-order chi connectivity index (χ0) is 30.4. The number of nitrogens with one attached hydrogen (secondary N) is 2. The number of benzene rings is 2. The minimum absolute atomic E-state index is 0.0219. The molecule has 0 fully saturated rings. The van der Waals surface area contributed by atoms with Gasteiger partial charge in [-0.05, 0) is 24.0 Å². The molecule has 4 rings (SSSR count). The Kier molecular flexibility index (Phi) is 9.82. The molecule has 222 valence electrons. The molecule has 1 aromatic heterocycles. The highest BCUT2D eigenvalue weighted by molar-refractivity contribution is 9.09. The van der Waals surface area contributed by atoms with Crippen LogP contribution < -0.4 is 5.32 Å². The first-order valence-corrected chi connectivity index (χ1v) is 14.9. The maximum absolute atomic E-state index is 14.1. The maximum atomic E-state index is 14.1. The quantitative estimate of drug-likeness (QED) is 0.240. The Hall–Kier alpha value is -3.99. The number of halogens is 1. The second kappa shape index (κ2) is 13.3. The molecular weight excluding hydrogens is 604 g/mol. The third-order valence-electron chi connectivity index (χ3n) is 7.63. The first kappa shape index (κ1) is 31.0. The Balaban J connectivity index is 1.54. The second-order valence-electron chi connectivity index (χ2n) is 10.8. The number of amides is 2. The van der Waals surface area contributed by atoms with Crippen molar-refractivity contribution < 1.29 is 29.1 Å². The largest absolute Gasteiger partial charge is 0.481 e. The minimum atomic E-state index is -1.63. The fourth-order valence-corrected chi connectivity index (χ4v) is 5.71. The predicted octanol–water partition coefficient (Wildman–Crippen LogP) is 4.18. The van der Waals surface area contributed by atoms with E-state index in [2.05, 4.69) is 31.4 Å². The van der Waals surface area contributed by atoms with E-state index in [0.29, 0.717) is 17.7 Å². The summed E-state index contributed by atoms with van der Waals surface area (Å²) in [5, 5.41) is 17.8. The van der Waals surface area contributed by atoms with Crippen LogP contribution in [0.1, 0.15) is 44.2 Å². The number of carbonyl (C=O) groups is 4. The van der Waals surface area contributed by atoms with Crippen LogP contribution in [0.2, 0.25) is 0 Å². The van der Waals surface area contributed by atoms with Crippen LogP contribution in [0.5, 0.6) is 0 Å². The molecule has 1 aliphatic rings. The molecule has 1 aliphatic heterocycles. The Bertz CT molecular complexity index is 1490. The number of oxime groups is 1. The van der Waals surface area contributed by atoms with Gasteiger partial charge in [-0.15, -0.1) is 0 Å². The Morgan fingerprint density at radius 2 is 1.81 bits per heavy atom. The average Bonchev–Trinajstić information content (AvgIpc) is 3.62. The molecule has 2 heterocycles. The number of Topliss-reactive ketones (excluding diaryl/α,β-unsaturated/α-hetero) is 1. The molecule has 42 heavy (non-hydrogen) atoms. The molecule has 2 aromatic carbocycles. The highest BCUT2D eigenvalue weighted by atomic mass is 79.9. The molecular formula is C31H35BrN4O6. The number of carbonyl (C=O) groups excluding carboxylic acids is 3. The number of alkyl halides is 1. The van der Waals surface area contributed by atoms with Crippen molar-refractivity contribution in [2.24, 2.45) is 11.1 Å². The third-order valence-corrected chi connectivity index (χ3v) is 8.18. The summed E-state index contributed by atoms with van der Waals surface area (Å²) < 4.78 is 0. The summed E-state index contributed by atoms with van der Waals surface area (Å²) in [6, 6.07) is 15.0. The average molecular weight is 640 g/mol. The highest BCUT2D eigenvalue weighted by Crippen LogP contribution is 2.39. The fourth-order valence-electron chi connectivity index (χ4n) is 5.34. The molecule has 0 saturated heterocycles. The molecule has 0 aliphatic carbocycles. The van der Waals surface area contributed by atoms with Gasteiger partial charge in [-0.3, -0.25) is 19.2 Å². The number of ketones is 1. The number of carboxylic acid groups (broad SMARTS) is 1. The van der Waals surface area contributed by atoms with E-state index in [1.54, 1.807) is 30.3 Å². The zero-order valence-electron chi connectivity index (χ0n) is 23.8. The fraction of sp³-hybridized carbons (Fsp3) is 0.387. The number of hydrogen-bond acceptors (Lipinski definition) is 6. The van der Waals surface area contributed by atoms with Crippen molar-refractivity contribution in [1.82, 2.24) is 15.2 Å². The first-order chi connectivity index (χ1) is 20.1. The number of aromatic nitrogens is 1. The van der Waals surface area contributed by atoms with Crippen molar-refractivity contribution in [3.8, 4) is 0 Å². The molecule has 11 heteroatoms. The van der Waals surface area contributed by atoms with E-state index in [9.17, 15) is 24.3 Å². The van der Waals surface area contributed by atoms with Crippen LogP contribution in [0.25, 0.3) is 10.9 Å². The van der Waals surface area contributed by atoms with Gasteiger partial charge in [0.15, 0.2) is 5.78 Å². The number of nitrogens with zero attached hydrogens (tertiary/aromatic N) is 2. The van der Waals surface area contributed by atoms with Gasteiger partial charge in [-0.1, -0.05) is 83.5 Å².